The zero-order valence-corrected chi connectivity index (χ0v) is 27.1. The second kappa shape index (κ2) is 10.5. The van der Waals surface area contributed by atoms with Crippen LogP contribution in [0.3, 0.4) is 0 Å². The van der Waals surface area contributed by atoms with Gasteiger partial charge in [-0.3, -0.25) is 4.79 Å². The molecule has 0 amide bonds. The van der Waals surface area contributed by atoms with Gasteiger partial charge in [-0.15, -0.1) is 0 Å². The van der Waals surface area contributed by atoms with E-state index in [4.69, 9.17) is 18.6 Å². The van der Waals surface area contributed by atoms with Crippen molar-refractivity contribution in [1.82, 2.24) is 0 Å². The van der Waals surface area contributed by atoms with Crippen molar-refractivity contribution >= 4 is 11.9 Å². The number of aromatic hydroxyl groups is 1. The molecule has 1 saturated heterocycles. The fraction of sp³-hybridized carbons (Fsp3) is 0.611. The van der Waals surface area contributed by atoms with Gasteiger partial charge in [0.05, 0.1) is 37.3 Å². The highest BCUT2D eigenvalue weighted by Gasteiger charge is 2.76. The third-order valence-corrected chi connectivity index (χ3v) is 12.3. The summed E-state index contributed by atoms with van der Waals surface area (Å²) in [7, 11) is 0. The molecule has 1 aliphatic heterocycles. The number of allylic oxidation sites excluding steroid dienone is 1. The van der Waals surface area contributed by atoms with Gasteiger partial charge in [-0.2, -0.15) is 0 Å². The average molecular weight is 607 g/mol. The number of benzene rings is 1. The predicted molar refractivity (Wildman–Crippen MR) is 164 cm³/mol. The number of hydrogen-bond donors (Lipinski definition) is 2. The summed E-state index contributed by atoms with van der Waals surface area (Å²) in [5.41, 5.74) is 2.94. The predicted octanol–water partition coefficient (Wildman–Crippen LogP) is 6.03. The van der Waals surface area contributed by atoms with Crippen LogP contribution in [-0.4, -0.2) is 53.2 Å². The third kappa shape index (κ3) is 4.02. The van der Waals surface area contributed by atoms with Gasteiger partial charge in [0, 0.05) is 45.3 Å². The lowest BCUT2D eigenvalue weighted by molar-refractivity contribution is -0.242. The highest BCUT2D eigenvalue weighted by molar-refractivity contribution is 5.87. The number of carbonyl (C=O) groups is 2. The molecule has 2 saturated carbocycles. The maximum Gasteiger partial charge on any atom is 0.333 e. The van der Waals surface area contributed by atoms with Crippen LogP contribution in [0.4, 0.5) is 0 Å². The summed E-state index contributed by atoms with van der Waals surface area (Å²) in [5.74, 6) is -1.26. The van der Waals surface area contributed by atoms with Crippen LogP contribution < -0.4 is 0 Å². The SMILES string of the molecule is CC=C(C)C(=O)OC1CC(O)C2(C)C3C(OCC13C)C(OC(=O)C(C)CC)C1(C)c3cc(O)c(-c4ccoc4)c(C)c3CC12. The molecule has 0 radical (unpaired) electrons. The first-order valence-corrected chi connectivity index (χ1v) is 16.0. The molecule has 2 aromatic rings. The minimum Gasteiger partial charge on any atom is -0.507 e. The molecule has 10 atom stereocenters. The van der Waals surface area contributed by atoms with E-state index in [-0.39, 0.29) is 35.9 Å². The highest BCUT2D eigenvalue weighted by atomic mass is 16.6. The summed E-state index contributed by atoms with van der Waals surface area (Å²) < 4.78 is 24.7. The van der Waals surface area contributed by atoms with Crippen LogP contribution in [0.15, 0.2) is 40.7 Å². The molecule has 44 heavy (non-hydrogen) atoms. The number of esters is 2. The number of ether oxygens (including phenoxy) is 3. The number of phenolic OH excluding ortho intramolecular Hbond substituents is 1. The Bertz CT molecular complexity index is 1510. The number of aliphatic hydroxyl groups excluding tert-OH is 1. The summed E-state index contributed by atoms with van der Waals surface area (Å²) in [6.07, 6.45) is 3.91. The van der Waals surface area contributed by atoms with Gasteiger partial charge in [-0.05, 0) is 68.4 Å². The van der Waals surface area contributed by atoms with Gasteiger partial charge in [-0.25, -0.2) is 4.79 Å². The number of carbonyl (C=O) groups excluding carboxylic acids is 2. The molecule has 0 spiro atoms. The van der Waals surface area contributed by atoms with Crippen molar-refractivity contribution in [3.63, 3.8) is 0 Å². The summed E-state index contributed by atoms with van der Waals surface area (Å²) >= 11 is 0. The van der Waals surface area contributed by atoms with Crippen molar-refractivity contribution in [2.75, 3.05) is 6.61 Å². The Kier molecular flexibility index (Phi) is 7.36. The van der Waals surface area contributed by atoms with Crippen molar-refractivity contribution in [2.45, 2.75) is 104 Å². The molecule has 8 heteroatoms. The quantitative estimate of drug-likeness (QED) is 0.303. The van der Waals surface area contributed by atoms with Gasteiger partial charge in [0.25, 0.3) is 0 Å². The van der Waals surface area contributed by atoms with Crippen LogP contribution in [0.2, 0.25) is 0 Å². The number of phenols is 1. The van der Waals surface area contributed by atoms with Crippen LogP contribution in [0, 0.1) is 35.5 Å². The standard InChI is InChI=1S/C36H46O8/c1-9-18(3)32(39)43-27-15-26(38)36(8)25-13-22-20(5)28(21-11-12-41-16-21)24(37)14-23(22)35(25,7)31(44-33(40)19(4)10-2)29-30(36)34(27,6)17-42-29/h9,11-12,14,16,19,25-27,29-31,37-38H,10,13,15,17H2,1-8H3. The lowest BCUT2D eigenvalue weighted by Crippen LogP contribution is -2.71. The Balaban J connectivity index is 1.52. The maximum atomic E-state index is 13.5. The molecular formula is C36H46O8. The number of furan rings is 1. The summed E-state index contributed by atoms with van der Waals surface area (Å²) in [6.45, 7) is 16.0. The Labute approximate surface area is 259 Å². The molecule has 0 bridgehead atoms. The molecule has 1 aromatic heterocycles. The third-order valence-electron chi connectivity index (χ3n) is 12.3. The second-order valence-electron chi connectivity index (χ2n) is 14.4. The molecule has 3 aliphatic carbocycles. The molecule has 6 rings (SSSR count). The maximum absolute atomic E-state index is 13.5. The van der Waals surface area contributed by atoms with Gasteiger partial charge in [0.2, 0.25) is 0 Å². The van der Waals surface area contributed by atoms with Crippen molar-refractivity contribution in [2.24, 2.45) is 28.6 Å². The number of fused-ring (bicyclic) bond motifs is 4. The van der Waals surface area contributed by atoms with Gasteiger partial charge in [0.15, 0.2) is 0 Å². The van der Waals surface area contributed by atoms with E-state index in [0.717, 1.165) is 27.8 Å². The molecule has 238 valence electrons. The Hall–Kier alpha value is -3.10. The second-order valence-corrected chi connectivity index (χ2v) is 14.4. The van der Waals surface area contributed by atoms with Gasteiger partial charge < -0.3 is 28.8 Å². The van der Waals surface area contributed by atoms with Crippen LogP contribution in [-0.2, 0) is 35.6 Å². The molecule has 2 N–H and O–H groups in total. The first-order valence-electron chi connectivity index (χ1n) is 16.0. The van der Waals surface area contributed by atoms with Gasteiger partial charge in [-0.1, -0.05) is 40.7 Å². The van der Waals surface area contributed by atoms with Crippen molar-refractivity contribution in [3.05, 3.63) is 53.0 Å². The van der Waals surface area contributed by atoms with E-state index in [2.05, 4.69) is 20.8 Å². The Morgan fingerprint density at radius 3 is 2.59 bits per heavy atom. The van der Waals surface area contributed by atoms with Crippen molar-refractivity contribution in [3.8, 4) is 16.9 Å². The van der Waals surface area contributed by atoms with E-state index in [9.17, 15) is 19.8 Å². The fourth-order valence-electron chi connectivity index (χ4n) is 9.48. The number of hydrogen-bond acceptors (Lipinski definition) is 8. The molecule has 10 unspecified atom stereocenters. The van der Waals surface area contributed by atoms with E-state index in [0.29, 0.717) is 25.0 Å². The summed E-state index contributed by atoms with van der Waals surface area (Å²) in [4.78, 5) is 26.5. The fourth-order valence-corrected chi connectivity index (χ4v) is 9.48. The first-order chi connectivity index (χ1) is 20.7. The van der Waals surface area contributed by atoms with Crippen LogP contribution in [0.5, 0.6) is 5.75 Å². The largest absolute Gasteiger partial charge is 0.507 e. The lowest BCUT2D eigenvalue weighted by Gasteiger charge is -2.64. The smallest absolute Gasteiger partial charge is 0.333 e. The van der Waals surface area contributed by atoms with Crippen molar-refractivity contribution < 1.29 is 38.4 Å². The minimum absolute atomic E-state index is 0.136. The summed E-state index contributed by atoms with van der Waals surface area (Å²) in [6, 6.07) is 3.66. The summed E-state index contributed by atoms with van der Waals surface area (Å²) in [5, 5.41) is 23.6. The van der Waals surface area contributed by atoms with Crippen molar-refractivity contribution in [1.29, 1.82) is 0 Å². The number of aliphatic hydroxyl groups is 1. The normalized spacial score (nSPS) is 38.0. The van der Waals surface area contributed by atoms with Crippen LogP contribution in [0.1, 0.15) is 78.0 Å². The Morgan fingerprint density at radius 1 is 1.23 bits per heavy atom. The molecular weight excluding hydrogens is 560 g/mol. The minimum atomic E-state index is -0.805. The highest BCUT2D eigenvalue weighted by Crippen LogP contribution is 2.71. The van der Waals surface area contributed by atoms with Crippen LogP contribution >= 0.6 is 0 Å². The molecule has 3 fully saturated rings. The molecule has 4 aliphatic rings. The zero-order chi connectivity index (χ0) is 31.9. The monoisotopic (exact) mass is 606 g/mol. The van der Waals surface area contributed by atoms with Gasteiger partial charge in [0.1, 0.15) is 18.0 Å². The Morgan fingerprint density at radius 2 is 1.95 bits per heavy atom. The zero-order valence-electron chi connectivity index (χ0n) is 27.1. The van der Waals surface area contributed by atoms with E-state index in [1.54, 1.807) is 32.4 Å². The van der Waals surface area contributed by atoms with E-state index in [1.165, 1.54) is 0 Å². The number of rotatable bonds is 6. The molecule has 8 nitrogen and oxygen atoms in total. The lowest BCUT2D eigenvalue weighted by atomic mass is 9.41. The first kappa shape index (κ1) is 30.9. The van der Waals surface area contributed by atoms with E-state index >= 15 is 0 Å². The van der Waals surface area contributed by atoms with E-state index < -0.39 is 46.6 Å². The molecule has 2 heterocycles. The van der Waals surface area contributed by atoms with E-state index in [1.807, 2.05) is 32.9 Å². The average Bonchev–Trinajstić information content (AvgIpc) is 3.72. The molecule has 1 aromatic carbocycles. The van der Waals surface area contributed by atoms with Crippen LogP contribution in [0.25, 0.3) is 11.1 Å². The topological polar surface area (TPSA) is 115 Å². The van der Waals surface area contributed by atoms with Gasteiger partial charge >= 0.3 is 11.9 Å².